The van der Waals surface area contributed by atoms with Gasteiger partial charge in [0.25, 0.3) is 0 Å². The molecule has 4 aliphatic rings. The minimum atomic E-state index is -3.54. The Morgan fingerprint density at radius 1 is 1.02 bits per heavy atom. The molecule has 2 aromatic rings. The standard InChI is InChI=1S/C29H40ClN7O5S2/c1-18(2)44(40,41)28-25(17-37(35(28)3)21-6-7-21)32-27-23(30)16-31-29(34-27)33-24-10-5-20(15-26(24)42-22-8-9-22)19-11-13-36(14-12-19)43(4,38)39/h5,10,15-19,21-22,28H,6-9,11-14H2,1-4H3,(H2,31,32,33,34). The fourth-order valence-corrected chi connectivity index (χ4v) is 8.25. The highest BCUT2D eigenvalue weighted by molar-refractivity contribution is 7.92. The van der Waals surface area contributed by atoms with E-state index >= 15 is 0 Å². The van der Waals surface area contributed by atoms with Gasteiger partial charge < -0.3 is 20.4 Å². The van der Waals surface area contributed by atoms with Gasteiger partial charge in [-0.1, -0.05) is 17.7 Å². The molecule has 6 rings (SSSR count). The number of ether oxygens (including phenoxy) is 1. The Bertz CT molecular complexity index is 1650. The number of halogens is 1. The summed E-state index contributed by atoms with van der Waals surface area (Å²) in [6.07, 6.45) is 10.2. The maximum atomic E-state index is 13.4. The maximum Gasteiger partial charge on any atom is 0.229 e. The number of aromatic nitrogens is 2. The molecule has 1 aromatic heterocycles. The summed E-state index contributed by atoms with van der Waals surface area (Å²) in [4.78, 5) is 9.01. The number of hydrogen-bond donors (Lipinski definition) is 2. The lowest BCUT2D eigenvalue weighted by Gasteiger charge is -2.31. The fraction of sp³-hybridized carbons (Fsp3) is 0.586. The lowest BCUT2D eigenvalue weighted by Crippen LogP contribution is -2.46. The number of nitrogens with one attached hydrogen (secondary N) is 2. The van der Waals surface area contributed by atoms with Gasteiger partial charge in [0, 0.05) is 32.4 Å². The van der Waals surface area contributed by atoms with E-state index in [-0.39, 0.29) is 29.0 Å². The molecule has 240 valence electrons. The van der Waals surface area contributed by atoms with Crippen molar-refractivity contribution in [3.8, 4) is 5.75 Å². The summed E-state index contributed by atoms with van der Waals surface area (Å²) in [5.74, 6) is 1.49. The van der Waals surface area contributed by atoms with Gasteiger partial charge in [-0.25, -0.2) is 31.1 Å². The molecule has 2 N–H and O–H groups in total. The molecule has 2 aliphatic carbocycles. The molecule has 0 amide bonds. The summed E-state index contributed by atoms with van der Waals surface area (Å²) >= 11 is 6.52. The summed E-state index contributed by atoms with van der Waals surface area (Å²) in [5, 5.41) is 9.04. The third-order valence-electron chi connectivity index (χ3n) is 8.60. The van der Waals surface area contributed by atoms with Gasteiger partial charge in [0.05, 0.1) is 35.2 Å². The van der Waals surface area contributed by atoms with Crippen LogP contribution in [0.1, 0.15) is 63.9 Å². The monoisotopic (exact) mass is 665 g/mol. The van der Waals surface area contributed by atoms with Crippen LogP contribution >= 0.6 is 11.6 Å². The van der Waals surface area contributed by atoms with E-state index in [1.54, 1.807) is 25.9 Å². The Balaban J connectivity index is 1.23. The topological polar surface area (TPSA) is 137 Å². The van der Waals surface area contributed by atoms with Gasteiger partial charge in [-0.3, -0.25) is 0 Å². The first-order chi connectivity index (χ1) is 20.8. The van der Waals surface area contributed by atoms with Crippen LogP contribution in [0.15, 0.2) is 36.3 Å². The van der Waals surface area contributed by atoms with Crippen molar-refractivity contribution in [3.05, 3.63) is 46.9 Å². The van der Waals surface area contributed by atoms with E-state index in [1.165, 1.54) is 16.8 Å². The van der Waals surface area contributed by atoms with Crippen LogP contribution < -0.4 is 15.4 Å². The van der Waals surface area contributed by atoms with E-state index in [0.717, 1.165) is 44.1 Å². The first-order valence-corrected chi connectivity index (χ1v) is 18.9. The third kappa shape index (κ3) is 6.64. The number of likely N-dealkylation sites (N-methyl/N-ethyl adjacent to an activating group) is 1. The second kappa shape index (κ2) is 11.9. The molecule has 1 atom stereocenters. The number of hydrazine groups is 1. The Morgan fingerprint density at radius 3 is 2.34 bits per heavy atom. The van der Waals surface area contributed by atoms with Crippen molar-refractivity contribution in [2.45, 2.75) is 81.1 Å². The van der Waals surface area contributed by atoms with E-state index in [4.69, 9.17) is 16.3 Å². The van der Waals surface area contributed by atoms with Crippen molar-refractivity contribution in [2.75, 3.05) is 37.0 Å². The molecule has 1 aromatic carbocycles. The van der Waals surface area contributed by atoms with Crippen LogP contribution in [-0.2, 0) is 19.9 Å². The van der Waals surface area contributed by atoms with Gasteiger partial charge in [0.1, 0.15) is 10.8 Å². The Hall–Kier alpha value is -2.65. The zero-order valence-corrected chi connectivity index (χ0v) is 27.8. The van der Waals surface area contributed by atoms with Crippen LogP contribution in [0.25, 0.3) is 0 Å². The number of hydrogen-bond acceptors (Lipinski definition) is 11. The van der Waals surface area contributed by atoms with E-state index in [9.17, 15) is 16.8 Å². The molecule has 2 saturated carbocycles. The predicted molar refractivity (Wildman–Crippen MR) is 171 cm³/mol. The summed E-state index contributed by atoms with van der Waals surface area (Å²) in [7, 11) is -4.94. The smallest absolute Gasteiger partial charge is 0.229 e. The van der Waals surface area contributed by atoms with Crippen molar-refractivity contribution in [3.63, 3.8) is 0 Å². The quantitative estimate of drug-likeness (QED) is 0.356. The van der Waals surface area contributed by atoms with E-state index in [0.29, 0.717) is 36.0 Å². The lowest BCUT2D eigenvalue weighted by molar-refractivity contribution is 0.0611. The zero-order valence-electron chi connectivity index (χ0n) is 25.4. The molecule has 0 radical (unpaired) electrons. The van der Waals surface area contributed by atoms with Gasteiger partial charge in [0.2, 0.25) is 16.0 Å². The first-order valence-electron chi connectivity index (χ1n) is 15.1. The fourth-order valence-electron chi connectivity index (χ4n) is 5.72. The molecule has 2 aliphatic heterocycles. The average Bonchev–Trinajstić information content (AvgIpc) is 3.90. The van der Waals surface area contributed by atoms with Crippen LogP contribution in [-0.4, -0.2) is 90.3 Å². The van der Waals surface area contributed by atoms with Crippen LogP contribution in [0.3, 0.4) is 0 Å². The summed E-state index contributed by atoms with van der Waals surface area (Å²) in [6.45, 7) is 4.37. The number of piperidine rings is 1. The van der Waals surface area contributed by atoms with Crippen LogP contribution in [0.2, 0.25) is 5.02 Å². The van der Waals surface area contributed by atoms with Crippen molar-refractivity contribution in [1.82, 2.24) is 24.3 Å². The largest absolute Gasteiger partial charge is 0.488 e. The van der Waals surface area contributed by atoms with Crippen molar-refractivity contribution < 1.29 is 21.6 Å². The molecule has 44 heavy (non-hydrogen) atoms. The molecule has 1 saturated heterocycles. The predicted octanol–water partition coefficient (Wildman–Crippen LogP) is 4.28. The van der Waals surface area contributed by atoms with Crippen LogP contribution in [0.5, 0.6) is 5.75 Å². The van der Waals surface area contributed by atoms with Gasteiger partial charge in [0.15, 0.2) is 21.0 Å². The minimum Gasteiger partial charge on any atom is -0.488 e. The average molecular weight is 666 g/mol. The van der Waals surface area contributed by atoms with E-state index in [1.807, 2.05) is 29.4 Å². The third-order valence-corrected chi connectivity index (χ3v) is 12.7. The lowest BCUT2D eigenvalue weighted by atomic mass is 9.90. The molecule has 0 bridgehead atoms. The molecule has 3 fully saturated rings. The highest BCUT2D eigenvalue weighted by Gasteiger charge is 2.46. The summed E-state index contributed by atoms with van der Waals surface area (Å²) in [6, 6.07) is 6.28. The molecule has 12 nitrogen and oxygen atoms in total. The van der Waals surface area contributed by atoms with Crippen molar-refractivity contribution in [2.24, 2.45) is 0 Å². The maximum absolute atomic E-state index is 13.4. The van der Waals surface area contributed by atoms with Crippen molar-refractivity contribution in [1.29, 1.82) is 0 Å². The normalized spacial score (nSPS) is 22.4. The van der Waals surface area contributed by atoms with Crippen LogP contribution in [0, 0.1) is 0 Å². The van der Waals surface area contributed by atoms with Gasteiger partial charge >= 0.3 is 0 Å². The number of sulfonamides is 1. The second-order valence-corrected chi connectivity index (χ2v) is 17.4. The van der Waals surface area contributed by atoms with E-state index < -0.39 is 30.5 Å². The van der Waals surface area contributed by atoms with Crippen LogP contribution in [0.4, 0.5) is 17.5 Å². The highest BCUT2D eigenvalue weighted by atomic mass is 35.5. The van der Waals surface area contributed by atoms with Gasteiger partial charge in [-0.2, -0.15) is 4.98 Å². The first kappa shape index (κ1) is 31.3. The Morgan fingerprint density at radius 2 is 1.73 bits per heavy atom. The van der Waals surface area contributed by atoms with Gasteiger partial charge in [-0.15, -0.1) is 0 Å². The molecular weight excluding hydrogens is 626 g/mol. The van der Waals surface area contributed by atoms with Crippen molar-refractivity contribution >= 4 is 48.9 Å². The van der Waals surface area contributed by atoms with E-state index in [2.05, 4.69) is 20.6 Å². The molecule has 15 heteroatoms. The number of sulfone groups is 1. The highest BCUT2D eigenvalue weighted by Crippen LogP contribution is 2.40. The number of nitrogens with zero attached hydrogens (tertiary/aromatic N) is 5. The molecule has 0 spiro atoms. The SMILES string of the molecule is CC(C)S(=O)(=O)C1C(Nc2nc(Nc3ccc(C4CCN(S(C)(=O)=O)CC4)cc3OC3CC3)ncc2Cl)=CN(C2CC2)N1C. The number of anilines is 3. The minimum absolute atomic E-state index is 0.154. The molecule has 3 heterocycles. The molecular formula is C29H40ClN7O5S2. The Kier molecular flexibility index (Phi) is 8.50. The summed E-state index contributed by atoms with van der Waals surface area (Å²) < 4.78 is 58.5. The molecule has 1 unspecified atom stereocenters. The number of rotatable bonds is 11. The number of benzene rings is 1. The zero-order chi connectivity index (χ0) is 31.4. The van der Waals surface area contributed by atoms with Gasteiger partial charge in [-0.05, 0) is 76.0 Å². The second-order valence-electron chi connectivity index (χ2n) is 12.4. The summed E-state index contributed by atoms with van der Waals surface area (Å²) in [5.41, 5.74) is 2.29. The Labute approximate surface area is 264 Å².